The summed E-state index contributed by atoms with van der Waals surface area (Å²) in [6, 6.07) is 0. The van der Waals surface area contributed by atoms with Crippen molar-refractivity contribution in [2.75, 3.05) is 7.11 Å². The Kier molecular flexibility index (Phi) is 8.82. The summed E-state index contributed by atoms with van der Waals surface area (Å²) in [5, 5.41) is 0. The van der Waals surface area contributed by atoms with Crippen LogP contribution in [0, 0.1) is 5.41 Å². The van der Waals surface area contributed by atoms with Crippen LogP contribution < -0.4 is 24.8 Å². The fourth-order valence-corrected chi connectivity index (χ4v) is 4.68. The van der Waals surface area contributed by atoms with Gasteiger partial charge in [0.15, 0.2) is 0 Å². The zero-order chi connectivity index (χ0) is 15.0. The molecule has 1 unspecified atom stereocenters. The summed E-state index contributed by atoms with van der Waals surface area (Å²) in [6.45, 7) is 9.00. The number of hydrogen-bond donors (Lipinski definition) is 0. The van der Waals surface area contributed by atoms with Gasteiger partial charge in [-0.3, -0.25) is 0 Å². The molecule has 0 saturated heterocycles. The second-order valence-corrected chi connectivity index (χ2v) is 8.71. The molecule has 0 aliphatic heterocycles. The monoisotopic (exact) mass is 393 g/mol. The number of halogens is 2. The van der Waals surface area contributed by atoms with Crippen LogP contribution in [-0.4, -0.2) is 12.0 Å². The summed E-state index contributed by atoms with van der Waals surface area (Å²) >= 11 is 4.10. The molecule has 0 aromatic rings. The molecule has 1 atom stereocenters. The van der Waals surface area contributed by atoms with E-state index in [1.807, 2.05) is 18.9 Å². The van der Waals surface area contributed by atoms with Crippen LogP contribution in [0.25, 0.3) is 0 Å². The summed E-state index contributed by atoms with van der Waals surface area (Å²) in [6.07, 6.45) is 11.1. The van der Waals surface area contributed by atoms with Crippen molar-refractivity contribution >= 4 is 11.8 Å². The molecule has 0 fully saturated rings. The third-order valence-electron chi connectivity index (χ3n) is 3.78. The summed E-state index contributed by atoms with van der Waals surface area (Å²) in [4.78, 5) is 1.11. The first-order valence-corrected chi connectivity index (χ1v) is 8.63. The maximum atomic E-state index is 6.06. The van der Waals surface area contributed by atoms with Crippen molar-refractivity contribution in [2.45, 2.75) is 45.5 Å². The van der Waals surface area contributed by atoms with E-state index in [-0.39, 0.29) is 35.2 Å². The van der Waals surface area contributed by atoms with Crippen molar-refractivity contribution in [1.82, 2.24) is 0 Å². The number of allylic oxidation sites excluding steroid dienone is 5. The van der Waals surface area contributed by atoms with Crippen molar-refractivity contribution in [2.24, 2.45) is 5.41 Å². The minimum Gasteiger partial charge on any atom is -1.00 e. The maximum Gasteiger partial charge on any atom is -1.00 e. The van der Waals surface area contributed by atoms with E-state index in [0.717, 1.165) is 12.8 Å². The van der Waals surface area contributed by atoms with Crippen LogP contribution in [0.5, 0.6) is 0 Å². The van der Waals surface area contributed by atoms with Gasteiger partial charge in [0, 0.05) is 0 Å². The van der Waals surface area contributed by atoms with E-state index in [1.165, 1.54) is 19.9 Å². The standard InChI is InChI=1S/C17H23OS.2ClH.Ti/c1-13-10-11-17(18-5,15(12-13)16(2,3)4)19-14-8-6-7-9-14;;;/h6,8,10,12H,7,11H2,1-5H3;2*1H;/q;;;+2/p-2. The minimum atomic E-state index is -0.261. The molecule has 5 heteroatoms. The quantitative estimate of drug-likeness (QED) is 0.454. The van der Waals surface area contributed by atoms with E-state index in [0.29, 0.717) is 0 Å². The molecule has 2 aliphatic rings. The second kappa shape index (κ2) is 8.60. The summed E-state index contributed by atoms with van der Waals surface area (Å²) in [5.74, 6) is 0. The molecule has 121 valence electrons. The van der Waals surface area contributed by atoms with E-state index < -0.39 is 0 Å². The average Bonchev–Trinajstić information content (AvgIpc) is 2.76. The summed E-state index contributed by atoms with van der Waals surface area (Å²) < 4.78 is 7.51. The Labute approximate surface area is 163 Å². The van der Waals surface area contributed by atoms with Gasteiger partial charge >= 0.3 is 139 Å². The van der Waals surface area contributed by atoms with Crippen molar-refractivity contribution < 1.29 is 50.0 Å². The van der Waals surface area contributed by atoms with Crippen LogP contribution >= 0.6 is 11.8 Å². The second-order valence-electron chi connectivity index (χ2n) is 6.47. The number of rotatable bonds is 3. The van der Waals surface area contributed by atoms with Gasteiger partial charge in [-0.2, -0.15) is 0 Å². The van der Waals surface area contributed by atoms with Crippen molar-refractivity contribution in [3.05, 3.63) is 44.2 Å². The van der Waals surface area contributed by atoms with E-state index in [9.17, 15) is 0 Å². The molecule has 0 aromatic carbocycles. The van der Waals surface area contributed by atoms with Gasteiger partial charge in [0.25, 0.3) is 0 Å². The van der Waals surface area contributed by atoms with Crippen LogP contribution in [0.1, 0.15) is 40.5 Å². The molecule has 0 saturated carbocycles. The normalized spacial score (nSPS) is 24.5. The Morgan fingerprint density at radius 3 is 2.36 bits per heavy atom. The molecule has 2 rings (SSSR count). The molecule has 0 heterocycles. The van der Waals surface area contributed by atoms with Crippen LogP contribution in [0.4, 0.5) is 0 Å². The molecule has 22 heavy (non-hydrogen) atoms. The number of thioether (sulfide) groups is 1. The molecule has 0 N–H and O–H groups in total. The fourth-order valence-electron chi connectivity index (χ4n) is 2.68. The Balaban J connectivity index is 0.00000220. The first-order valence-electron chi connectivity index (χ1n) is 7.03. The summed E-state index contributed by atoms with van der Waals surface area (Å²) in [7, 11) is 1.84. The SMILES string of the molecule is COC1(SC2=[C]([Ti+2])CC=C2)CC=C(C)C=C1C(C)(C)C.[Cl-].[Cl-]. The first-order chi connectivity index (χ1) is 9.28. The fraction of sp³-hybridized carbons (Fsp3) is 0.529. The van der Waals surface area contributed by atoms with Gasteiger partial charge in [-0.25, -0.2) is 0 Å². The van der Waals surface area contributed by atoms with Crippen molar-refractivity contribution in [3.8, 4) is 0 Å². The first kappa shape index (κ1) is 22.6. The Hall–Kier alpha value is 0.564. The van der Waals surface area contributed by atoms with Gasteiger partial charge in [-0.1, -0.05) is 0 Å². The van der Waals surface area contributed by atoms with Gasteiger partial charge in [-0.05, 0) is 0 Å². The Morgan fingerprint density at radius 2 is 1.91 bits per heavy atom. The van der Waals surface area contributed by atoms with Gasteiger partial charge in [0.05, 0.1) is 0 Å². The number of hydrogen-bond acceptors (Lipinski definition) is 2. The molecule has 0 aromatic heterocycles. The van der Waals surface area contributed by atoms with Gasteiger partial charge in [0.2, 0.25) is 0 Å². The molecule has 2 aliphatic carbocycles. The van der Waals surface area contributed by atoms with E-state index >= 15 is 0 Å². The molecular formula is C17H23Cl2OSTi. The zero-order valence-corrected chi connectivity index (χ0v) is 17.7. The molecule has 0 amide bonds. The summed E-state index contributed by atoms with van der Waals surface area (Å²) in [5.41, 5.74) is 2.84. The van der Waals surface area contributed by atoms with Crippen LogP contribution in [0.15, 0.2) is 44.2 Å². The number of methoxy groups -OCH3 is 1. The predicted octanol–water partition coefficient (Wildman–Crippen LogP) is -0.889. The topological polar surface area (TPSA) is 9.23 Å². The van der Waals surface area contributed by atoms with Gasteiger partial charge < -0.3 is 24.8 Å². The molecule has 0 bridgehead atoms. The van der Waals surface area contributed by atoms with Crippen molar-refractivity contribution in [1.29, 1.82) is 0 Å². The number of ether oxygens (including phenoxy) is 1. The molecule has 1 nitrogen and oxygen atoms in total. The predicted molar refractivity (Wildman–Crippen MR) is 84.0 cm³/mol. The molecule has 0 radical (unpaired) electrons. The zero-order valence-electron chi connectivity index (χ0n) is 13.8. The molecule has 0 spiro atoms. The Bertz CT molecular complexity index is 529. The molecular weight excluding hydrogens is 371 g/mol. The Morgan fingerprint density at radius 1 is 1.27 bits per heavy atom. The van der Waals surface area contributed by atoms with Crippen molar-refractivity contribution in [3.63, 3.8) is 0 Å². The van der Waals surface area contributed by atoms with Crippen LogP contribution in [-0.2, 0) is 25.2 Å². The smallest absolute Gasteiger partial charge is 1.00 e. The average molecular weight is 394 g/mol. The third kappa shape index (κ3) is 4.78. The third-order valence-corrected chi connectivity index (χ3v) is 6.28. The van der Waals surface area contributed by atoms with Gasteiger partial charge in [0.1, 0.15) is 0 Å². The maximum absolute atomic E-state index is 6.06. The van der Waals surface area contributed by atoms with E-state index in [1.54, 1.807) is 0 Å². The van der Waals surface area contributed by atoms with Gasteiger partial charge in [-0.15, -0.1) is 0 Å². The van der Waals surface area contributed by atoms with Crippen LogP contribution in [0.2, 0.25) is 0 Å². The van der Waals surface area contributed by atoms with E-state index in [2.05, 4.69) is 72.4 Å². The minimum absolute atomic E-state index is 0. The largest absolute Gasteiger partial charge is 1.00 e. The van der Waals surface area contributed by atoms with Crippen LogP contribution in [0.3, 0.4) is 0 Å². The van der Waals surface area contributed by atoms with E-state index in [4.69, 9.17) is 4.74 Å².